The number of aliphatic hydroxyl groups excluding tert-OH is 13. The molecule has 0 aromatic carbocycles. The summed E-state index contributed by atoms with van der Waals surface area (Å²) in [6.45, 7) is 1.61. The average Bonchev–Trinajstić information content (AvgIpc) is 0.957. The van der Waals surface area contributed by atoms with Gasteiger partial charge in [-0.2, -0.15) is 0 Å². The zero-order chi connectivity index (χ0) is 65.1. The summed E-state index contributed by atoms with van der Waals surface area (Å²) in [5.74, 6) is -1.06. The molecule has 22 atom stereocenters. The fourth-order valence-corrected chi connectivity index (χ4v) is 12.1. The molecule has 4 aliphatic rings. The first-order valence-corrected chi connectivity index (χ1v) is 33.9. The van der Waals surface area contributed by atoms with Gasteiger partial charge in [-0.15, -0.1) is 0 Å². The van der Waals surface area contributed by atoms with Crippen molar-refractivity contribution >= 4 is 11.8 Å². The number of rotatable bonds is 47. The number of hydrogen-bond acceptors (Lipinski definition) is 23. The monoisotopic (exact) mass is 1280 g/mol. The predicted molar refractivity (Wildman–Crippen MR) is 326 cm³/mol. The SMILES string of the molecule is CCCCCCCCCCCCC/C=C/[C@@H](O)[C@H](CO[C@@H]1O[C@H](CO)[C@@H](O[C@@H]2O[C@H](CO)[C@H](O[C@@H]3O[C@H](CO)[C@H](O)[C@H](O[C@@H]4O[C@H](CO)[C@H](O)[C@H](O)[C@H]4O)[C@H]3NC(C)=O)[C@H](O)[C@H]2O)[C@H](O)C1O)NC(=O)CCCCCCCCCCCCCCCCCCC. The van der Waals surface area contributed by atoms with Crippen LogP contribution in [0.1, 0.15) is 213 Å². The van der Waals surface area contributed by atoms with Crippen molar-refractivity contribution in [1.29, 1.82) is 0 Å². The van der Waals surface area contributed by atoms with E-state index in [0.29, 0.717) is 12.8 Å². The Morgan fingerprint density at radius 1 is 0.438 bits per heavy atom. The van der Waals surface area contributed by atoms with E-state index in [-0.39, 0.29) is 12.3 Å². The van der Waals surface area contributed by atoms with Crippen LogP contribution in [0, 0.1) is 0 Å². The predicted octanol–water partition coefficient (Wildman–Crippen LogP) is 2.56. The van der Waals surface area contributed by atoms with Gasteiger partial charge in [0.1, 0.15) is 97.6 Å². The number of carbonyl (C=O) groups excluding carboxylic acids is 2. The van der Waals surface area contributed by atoms with Gasteiger partial charge in [0.15, 0.2) is 25.2 Å². The number of hydrogen-bond donors (Lipinski definition) is 15. The number of amides is 2. The minimum Gasteiger partial charge on any atom is -0.394 e. The molecule has 0 aliphatic carbocycles. The van der Waals surface area contributed by atoms with E-state index in [2.05, 4.69) is 24.5 Å². The van der Waals surface area contributed by atoms with Crippen LogP contribution in [0.4, 0.5) is 0 Å². The van der Waals surface area contributed by atoms with E-state index < -0.39 is 174 Å². The Hall–Kier alpha value is -2.16. The summed E-state index contributed by atoms with van der Waals surface area (Å²) >= 11 is 0. The van der Waals surface area contributed by atoms with Gasteiger partial charge in [0.05, 0.1) is 45.2 Å². The van der Waals surface area contributed by atoms with Crippen molar-refractivity contribution in [3.63, 3.8) is 0 Å². The first kappa shape index (κ1) is 79.3. The van der Waals surface area contributed by atoms with E-state index in [9.17, 15) is 76.0 Å². The van der Waals surface area contributed by atoms with E-state index >= 15 is 0 Å². The Morgan fingerprint density at radius 2 is 0.809 bits per heavy atom. The number of allylic oxidation sites excluding steroid dienone is 1. The van der Waals surface area contributed by atoms with E-state index in [4.69, 9.17) is 37.9 Å². The van der Waals surface area contributed by atoms with Crippen LogP contribution in [-0.2, 0) is 47.5 Å². The van der Waals surface area contributed by atoms with Crippen molar-refractivity contribution < 1.29 is 114 Å². The summed E-state index contributed by atoms with van der Waals surface area (Å²) in [4.78, 5) is 26.0. The maximum Gasteiger partial charge on any atom is 0.220 e. The van der Waals surface area contributed by atoms with Crippen molar-refractivity contribution in [2.75, 3.05) is 33.0 Å². The van der Waals surface area contributed by atoms with Crippen LogP contribution >= 0.6 is 0 Å². The van der Waals surface area contributed by atoms with Gasteiger partial charge in [-0.1, -0.05) is 193 Å². The Balaban J connectivity index is 1.34. The molecule has 0 bridgehead atoms. The van der Waals surface area contributed by atoms with Crippen LogP contribution in [0.15, 0.2) is 12.2 Å². The molecule has 4 saturated heterocycles. The van der Waals surface area contributed by atoms with Gasteiger partial charge < -0.3 is 115 Å². The Labute approximate surface area is 528 Å². The topological polar surface area (TPSA) is 395 Å². The van der Waals surface area contributed by atoms with Crippen molar-refractivity contribution in [3.05, 3.63) is 12.2 Å². The largest absolute Gasteiger partial charge is 0.394 e. The molecular weight excluding hydrogens is 1160 g/mol. The van der Waals surface area contributed by atoms with Gasteiger partial charge in [-0.25, -0.2) is 0 Å². The summed E-state index contributed by atoms with van der Waals surface area (Å²) < 4.78 is 46.7. The second-order valence-electron chi connectivity index (χ2n) is 25.0. The van der Waals surface area contributed by atoms with Gasteiger partial charge in [-0.05, 0) is 19.3 Å². The highest BCUT2D eigenvalue weighted by molar-refractivity contribution is 5.76. The molecule has 0 spiro atoms. The molecule has 15 N–H and O–H groups in total. The summed E-state index contributed by atoms with van der Waals surface area (Å²) in [6, 6.07) is -2.62. The average molecular weight is 1280 g/mol. The second kappa shape index (κ2) is 45.3. The highest BCUT2D eigenvalue weighted by Gasteiger charge is 2.56. The maximum atomic E-state index is 13.4. The van der Waals surface area contributed by atoms with E-state index in [0.717, 1.165) is 51.9 Å². The van der Waals surface area contributed by atoms with Crippen molar-refractivity contribution in [1.82, 2.24) is 10.6 Å². The van der Waals surface area contributed by atoms with E-state index in [1.807, 2.05) is 6.08 Å². The van der Waals surface area contributed by atoms with Crippen molar-refractivity contribution in [2.24, 2.45) is 0 Å². The summed E-state index contributed by atoms with van der Waals surface area (Å²) in [6.07, 6.45) is 2.86. The number of carbonyl (C=O) groups is 2. The lowest BCUT2D eigenvalue weighted by Crippen LogP contribution is -2.70. The molecule has 4 aliphatic heterocycles. The lowest BCUT2D eigenvalue weighted by atomic mass is 9.94. The van der Waals surface area contributed by atoms with Gasteiger partial charge in [0.2, 0.25) is 11.8 Å². The number of unbranched alkanes of at least 4 members (excludes halogenated alkanes) is 27. The van der Waals surface area contributed by atoms with Crippen LogP contribution < -0.4 is 10.6 Å². The molecule has 2 amide bonds. The summed E-state index contributed by atoms with van der Waals surface area (Å²) in [5.41, 5.74) is 0. The van der Waals surface area contributed by atoms with Gasteiger partial charge in [-0.3, -0.25) is 9.59 Å². The van der Waals surface area contributed by atoms with Gasteiger partial charge in [0.25, 0.3) is 0 Å². The van der Waals surface area contributed by atoms with Crippen LogP contribution in [0.25, 0.3) is 0 Å². The van der Waals surface area contributed by atoms with Crippen LogP contribution in [-0.4, -0.2) is 246 Å². The molecule has 0 aromatic heterocycles. The van der Waals surface area contributed by atoms with Gasteiger partial charge >= 0.3 is 0 Å². The second-order valence-corrected chi connectivity index (χ2v) is 25.0. The highest BCUT2D eigenvalue weighted by atomic mass is 16.8. The van der Waals surface area contributed by atoms with Crippen molar-refractivity contribution in [3.8, 4) is 0 Å². The summed E-state index contributed by atoms with van der Waals surface area (Å²) in [5, 5.41) is 147. The fourth-order valence-electron chi connectivity index (χ4n) is 12.1. The first-order chi connectivity index (χ1) is 43.0. The standard InChI is InChI=1S/C64H118N2O23/c1-4-6-8-10-12-14-16-18-19-20-21-23-25-27-29-31-33-35-48(73)66-42(43(72)34-32-30-28-26-24-22-17-15-13-11-9-7-5-2)40-82-62-56(80)53(77)59(46(38-69)85-62)88-64-57(81)54(78)58(47(39-70)86-64)87-61-49(65-41(3)71)60(51(75)45(37-68)83-61)89-63-55(79)52(76)50(74)44(36-67)84-63/h32,34,42-47,49-64,67-70,72,74-81H,4-31,33,35-40H2,1-3H3,(H,65,71)(H,66,73)/b34-32+/t42-,43+,44+,45+,46+,47+,49+,50-,51-,52-,53+,54+,55+,56?,57+,58-,59+,60+,61-,62+,63-,64-/m0/s1. The molecule has 25 nitrogen and oxygen atoms in total. The minimum absolute atomic E-state index is 0.217. The molecule has 4 fully saturated rings. The Kier molecular flexibility index (Phi) is 40.3. The smallest absolute Gasteiger partial charge is 0.220 e. The van der Waals surface area contributed by atoms with Crippen molar-refractivity contribution in [2.45, 2.75) is 348 Å². The molecule has 4 rings (SSSR count). The Bertz CT molecular complexity index is 1860. The van der Waals surface area contributed by atoms with Crippen LogP contribution in [0.2, 0.25) is 0 Å². The molecule has 4 heterocycles. The van der Waals surface area contributed by atoms with E-state index in [1.165, 1.54) is 128 Å². The Morgan fingerprint density at radius 3 is 1.27 bits per heavy atom. The fraction of sp³-hybridized carbons (Fsp3) is 0.938. The maximum absolute atomic E-state index is 13.4. The third-order valence-corrected chi connectivity index (χ3v) is 17.6. The minimum atomic E-state index is -2.10. The molecule has 0 radical (unpaired) electrons. The molecular formula is C64H118N2O23. The third kappa shape index (κ3) is 27.2. The zero-order valence-electron chi connectivity index (χ0n) is 53.5. The third-order valence-electron chi connectivity index (χ3n) is 17.6. The van der Waals surface area contributed by atoms with E-state index in [1.54, 1.807) is 6.08 Å². The highest BCUT2D eigenvalue weighted by Crippen LogP contribution is 2.35. The molecule has 89 heavy (non-hydrogen) atoms. The molecule has 0 saturated carbocycles. The lowest BCUT2D eigenvalue weighted by molar-refractivity contribution is -0.380. The number of ether oxygens (including phenoxy) is 8. The molecule has 522 valence electrons. The molecule has 1 unspecified atom stereocenters. The number of aliphatic hydroxyl groups is 13. The molecule has 0 aromatic rings. The zero-order valence-corrected chi connectivity index (χ0v) is 53.5. The first-order valence-electron chi connectivity index (χ1n) is 33.9. The lowest BCUT2D eigenvalue weighted by Gasteiger charge is -2.50. The van der Waals surface area contributed by atoms with Crippen LogP contribution in [0.3, 0.4) is 0 Å². The molecule has 25 heteroatoms. The quantitative estimate of drug-likeness (QED) is 0.0307. The number of nitrogens with one attached hydrogen (secondary N) is 2. The normalized spacial score (nSPS) is 33.3. The summed E-state index contributed by atoms with van der Waals surface area (Å²) in [7, 11) is 0. The van der Waals surface area contributed by atoms with Gasteiger partial charge in [0, 0.05) is 13.3 Å². The van der Waals surface area contributed by atoms with Crippen LogP contribution in [0.5, 0.6) is 0 Å².